The van der Waals surface area contributed by atoms with E-state index < -0.39 is 0 Å². The minimum absolute atomic E-state index is 0. The SMILES string of the molecule is Cl.O=C(NC(c1ccccc1)c1ccc(F)cc1)C1CCNCC1. The molecule has 2 aromatic carbocycles. The number of halogens is 2. The van der Waals surface area contributed by atoms with Gasteiger partial charge in [-0.25, -0.2) is 4.39 Å². The molecule has 0 radical (unpaired) electrons. The van der Waals surface area contributed by atoms with Gasteiger partial charge in [-0.1, -0.05) is 42.5 Å². The number of amides is 1. The van der Waals surface area contributed by atoms with Crippen molar-refractivity contribution >= 4 is 18.3 Å². The van der Waals surface area contributed by atoms with E-state index in [0.717, 1.165) is 37.1 Å². The number of benzene rings is 2. The third-order valence-electron chi connectivity index (χ3n) is 4.33. The van der Waals surface area contributed by atoms with E-state index in [0.29, 0.717) is 0 Å². The summed E-state index contributed by atoms with van der Waals surface area (Å²) >= 11 is 0. The average Bonchev–Trinajstić information content (AvgIpc) is 2.62. The van der Waals surface area contributed by atoms with E-state index in [1.807, 2.05) is 30.3 Å². The summed E-state index contributed by atoms with van der Waals surface area (Å²) in [5.74, 6) is -0.155. The summed E-state index contributed by atoms with van der Waals surface area (Å²) in [5.41, 5.74) is 1.89. The summed E-state index contributed by atoms with van der Waals surface area (Å²) in [6.45, 7) is 1.76. The first-order valence-corrected chi connectivity index (χ1v) is 8.05. The van der Waals surface area contributed by atoms with Gasteiger partial charge in [-0.15, -0.1) is 12.4 Å². The first-order chi connectivity index (χ1) is 11.2. The van der Waals surface area contributed by atoms with Crippen molar-refractivity contribution in [1.82, 2.24) is 10.6 Å². The van der Waals surface area contributed by atoms with E-state index in [1.54, 1.807) is 12.1 Å². The zero-order valence-electron chi connectivity index (χ0n) is 13.4. The maximum absolute atomic E-state index is 13.2. The van der Waals surface area contributed by atoms with Gasteiger partial charge in [0.05, 0.1) is 6.04 Å². The van der Waals surface area contributed by atoms with Gasteiger partial charge in [-0.05, 0) is 49.2 Å². The van der Waals surface area contributed by atoms with Crippen LogP contribution in [0.5, 0.6) is 0 Å². The van der Waals surface area contributed by atoms with Crippen molar-refractivity contribution < 1.29 is 9.18 Å². The molecule has 3 nitrogen and oxygen atoms in total. The topological polar surface area (TPSA) is 41.1 Å². The van der Waals surface area contributed by atoms with Crippen molar-refractivity contribution in [1.29, 1.82) is 0 Å². The number of hydrogen-bond donors (Lipinski definition) is 2. The third-order valence-corrected chi connectivity index (χ3v) is 4.33. The zero-order valence-corrected chi connectivity index (χ0v) is 14.2. The van der Waals surface area contributed by atoms with Crippen molar-refractivity contribution in [2.45, 2.75) is 18.9 Å². The lowest BCUT2D eigenvalue weighted by Crippen LogP contribution is -2.40. The van der Waals surface area contributed by atoms with Crippen LogP contribution in [0.15, 0.2) is 54.6 Å². The molecule has 128 valence electrons. The Labute approximate surface area is 148 Å². The molecule has 0 bridgehead atoms. The summed E-state index contributed by atoms with van der Waals surface area (Å²) in [5, 5.41) is 6.42. The predicted octanol–water partition coefficient (Wildman–Crippen LogP) is 3.45. The molecule has 1 saturated heterocycles. The number of piperidine rings is 1. The van der Waals surface area contributed by atoms with E-state index in [2.05, 4.69) is 10.6 Å². The van der Waals surface area contributed by atoms with Crippen molar-refractivity contribution in [3.8, 4) is 0 Å². The normalized spacial score (nSPS) is 16.0. The first kappa shape index (κ1) is 18.4. The Morgan fingerprint density at radius 2 is 1.58 bits per heavy atom. The van der Waals surface area contributed by atoms with Crippen LogP contribution < -0.4 is 10.6 Å². The molecule has 1 aliphatic rings. The molecule has 1 heterocycles. The van der Waals surface area contributed by atoms with Crippen molar-refractivity contribution in [3.05, 3.63) is 71.5 Å². The number of rotatable bonds is 4. The molecular formula is C19H22ClFN2O. The number of carbonyl (C=O) groups excluding carboxylic acids is 1. The van der Waals surface area contributed by atoms with Crippen LogP contribution in [0, 0.1) is 11.7 Å². The summed E-state index contributed by atoms with van der Waals surface area (Å²) < 4.78 is 13.2. The van der Waals surface area contributed by atoms with Crippen LogP contribution in [0.25, 0.3) is 0 Å². The number of nitrogens with one attached hydrogen (secondary N) is 2. The fraction of sp³-hybridized carbons (Fsp3) is 0.316. The fourth-order valence-electron chi connectivity index (χ4n) is 3.00. The van der Waals surface area contributed by atoms with E-state index >= 15 is 0 Å². The molecule has 24 heavy (non-hydrogen) atoms. The lowest BCUT2D eigenvalue weighted by molar-refractivity contribution is -0.126. The van der Waals surface area contributed by atoms with Crippen molar-refractivity contribution in [2.24, 2.45) is 5.92 Å². The van der Waals surface area contributed by atoms with Crippen LogP contribution >= 0.6 is 12.4 Å². The van der Waals surface area contributed by atoms with Crippen molar-refractivity contribution in [2.75, 3.05) is 13.1 Å². The third kappa shape index (κ3) is 4.56. The molecule has 1 amide bonds. The van der Waals surface area contributed by atoms with E-state index in [4.69, 9.17) is 0 Å². The summed E-state index contributed by atoms with van der Waals surface area (Å²) in [7, 11) is 0. The Kier molecular flexibility index (Phi) is 6.76. The molecule has 1 atom stereocenters. The summed E-state index contributed by atoms with van der Waals surface area (Å²) in [4.78, 5) is 12.6. The van der Waals surface area contributed by atoms with Gasteiger partial charge in [0.25, 0.3) is 0 Å². The Balaban J connectivity index is 0.00000208. The van der Waals surface area contributed by atoms with Crippen LogP contribution in [-0.4, -0.2) is 19.0 Å². The van der Waals surface area contributed by atoms with Crippen LogP contribution in [0.4, 0.5) is 4.39 Å². The molecule has 5 heteroatoms. The molecule has 1 fully saturated rings. The van der Waals surface area contributed by atoms with Gasteiger partial charge in [0.2, 0.25) is 5.91 Å². The maximum atomic E-state index is 13.2. The number of carbonyl (C=O) groups is 1. The smallest absolute Gasteiger partial charge is 0.223 e. The Morgan fingerprint density at radius 1 is 1.00 bits per heavy atom. The van der Waals surface area contributed by atoms with Crippen molar-refractivity contribution in [3.63, 3.8) is 0 Å². The summed E-state index contributed by atoms with van der Waals surface area (Å²) in [6, 6.07) is 15.9. The molecule has 1 aliphatic heterocycles. The zero-order chi connectivity index (χ0) is 16.1. The standard InChI is InChI=1S/C19H21FN2O.ClH/c20-17-8-6-15(7-9-17)18(14-4-2-1-3-5-14)22-19(23)16-10-12-21-13-11-16;/h1-9,16,18,21H,10-13H2,(H,22,23);1H. The highest BCUT2D eigenvalue weighted by atomic mass is 35.5. The highest BCUT2D eigenvalue weighted by Gasteiger charge is 2.24. The molecule has 2 aromatic rings. The monoisotopic (exact) mass is 348 g/mol. The first-order valence-electron chi connectivity index (χ1n) is 8.05. The van der Waals surface area contributed by atoms with E-state index in [9.17, 15) is 9.18 Å². The van der Waals surface area contributed by atoms with Gasteiger partial charge in [-0.3, -0.25) is 4.79 Å². The lowest BCUT2D eigenvalue weighted by atomic mass is 9.94. The molecular weight excluding hydrogens is 327 g/mol. The highest BCUT2D eigenvalue weighted by molar-refractivity contribution is 5.85. The highest BCUT2D eigenvalue weighted by Crippen LogP contribution is 2.24. The molecule has 0 aliphatic carbocycles. The second-order valence-corrected chi connectivity index (χ2v) is 5.93. The van der Waals surface area contributed by atoms with Crippen LogP contribution in [0.3, 0.4) is 0 Å². The fourth-order valence-corrected chi connectivity index (χ4v) is 3.00. The average molecular weight is 349 g/mol. The number of hydrogen-bond acceptors (Lipinski definition) is 2. The summed E-state index contributed by atoms with van der Waals surface area (Å²) in [6.07, 6.45) is 1.72. The molecule has 2 N–H and O–H groups in total. The Morgan fingerprint density at radius 3 is 2.21 bits per heavy atom. The lowest BCUT2D eigenvalue weighted by Gasteiger charge is -2.26. The largest absolute Gasteiger partial charge is 0.345 e. The Hall–Kier alpha value is -1.91. The second kappa shape index (κ2) is 8.81. The Bertz CT molecular complexity index is 642. The minimum Gasteiger partial charge on any atom is -0.345 e. The quantitative estimate of drug-likeness (QED) is 0.888. The van der Waals surface area contributed by atoms with Crippen LogP contribution in [0.2, 0.25) is 0 Å². The van der Waals surface area contributed by atoms with Gasteiger partial charge < -0.3 is 10.6 Å². The predicted molar refractivity (Wildman–Crippen MR) is 95.7 cm³/mol. The second-order valence-electron chi connectivity index (χ2n) is 5.93. The van der Waals surface area contributed by atoms with Gasteiger partial charge in [0.1, 0.15) is 5.82 Å². The molecule has 1 unspecified atom stereocenters. The molecule has 0 spiro atoms. The molecule has 3 rings (SSSR count). The van der Waals surface area contributed by atoms with Crippen LogP contribution in [0.1, 0.15) is 30.0 Å². The minimum atomic E-state index is -0.273. The van der Waals surface area contributed by atoms with E-state index in [1.165, 1.54) is 12.1 Å². The van der Waals surface area contributed by atoms with Crippen LogP contribution in [-0.2, 0) is 4.79 Å². The maximum Gasteiger partial charge on any atom is 0.223 e. The van der Waals surface area contributed by atoms with Gasteiger partial charge >= 0.3 is 0 Å². The van der Waals surface area contributed by atoms with Gasteiger partial charge in [-0.2, -0.15) is 0 Å². The van der Waals surface area contributed by atoms with E-state index in [-0.39, 0.29) is 36.1 Å². The van der Waals surface area contributed by atoms with Gasteiger partial charge in [0, 0.05) is 5.92 Å². The molecule has 0 saturated carbocycles. The molecule has 0 aromatic heterocycles. The van der Waals surface area contributed by atoms with Gasteiger partial charge in [0.15, 0.2) is 0 Å².